The summed E-state index contributed by atoms with van der Waals surface area (Å²) in [7, 11) is 0. The van der Waals surface area contributed by atoms with Crippen molar-refractivity contribution in [3.63, 3.8) is 0 Å². The van der Waals surface area contributed by atoms with E-state index in [0.29, 0.717) is 22.8 Å². The molecule has 20 heavy (non-hydrogen) atoms. The summed E-state index contributed by atoms with van der Waals surface area (Å²) >= 11 is 6.26. The molecule has 0 radical (unpaired) electrons. The van der Waals surface area contributed by atoms with Gasteiger partial charge in [0.2, 0.25) is 0 Å². The highest BCUT2D eigenvalue weighted by atomic mass is 35.5. The molecular formula is C14H18ClN3O2. The summed E-state index contributed by atoms with van der Waals surface area (Å²) in [6.07, 6.45) is 4.49. The molecule has 1 saturated carbocycles. The van der Waals surface area contributed by atoms with Crippen molar-refractivity contribution >= 4 is 23.0 Å². The zero-order valence-corrected chi connectivity index (χ0v) is 12.0. The van der Waals surface area contributed by atoms with Gasteiger partial charge in [0, 0.05) is 24.7 Å². The molecule has 6 heteroatoms. The van der Waals surface area contributed by atoms with Gasteiger partial charge in [-0.2, -0.15) is 0 Å². The smallest absolute Gasteiger partial charge is 0.294 e. The van der Waals surface area contributed by atoms with Gasteiger partial charge in [-0.1, -0.05) is 17.7 Å². The molecule has 108 valence electrons. The van der Waals surface area contributed by atoms with Crippen molar-refractivity contribution in [1.29, 1.82) is 0 Å². The van der Waals surface area contributed by atoms with E-state index in [0.717, 1.165) is 32.4 Å². The van der Waals surface area contributed by atoms with Crippen molar-refractivity contribution in [1.82, 2.24) is 5.32 Å². The standard InChI is InChI=1S/C14H18ClN3O2/c15-12-4-1-5-13(18(19)20)14(12)17(11-6-7-11)9-10-3-2-8-16-10/h1,4-5,10-11,16H,2-3,6-9H2. The number of hydrogen-bond donors (Lipinski definition) is 1. The Hall–Kier alpha value is -1.33. The highest BCUT2D eigenvalue weighted by Crippen LogP contribution is 2.41. The Balaban J connectivity index is 1.92. The third kappa shape index (κ3) is 2.74. The minimum Gasteiger partial charge on any atom is -0.360 e. The molecule has 1 aromatic carbocycles. The minimum absolute atomic E-state index is 0.113. The van der Waals surface area contributed by atoms with Crippen LogP contribution < -0.4 is 10.2 Å². The number of para-hydroxylation sites is 1. The van der Waals surface area contributed by atoms with E-state index >= 15 is 0 Å². The molecule has 1 atom stereocenters. The summed E-state index contributed by atoms with van der Waals surface area (Å²) in [5.41, 5.74) is 0.706. The Morgan fingerprint density at radius 3 is 2.80 bits per heavy atom. The second-order valence-corrected chi connectivity index (χ2v) is 5.95. The quantitative estimate of drug-likeness (QED) is 0.670. The van der Waals surface area contributed by atoms with Crippen LogP contribution in [0.5, 0.6) is 0 Å². The van der Waals surface area contributed by atoms with Crippen LogP contribution in [0.2, 0.25) is 5.02 Å². The van der Waals surface area contributed by atoms with E-state index < -0.39 is 0 Å². The summed E-state index contributed by atoms with van der Waals surface area (Å²) in [5.74, 6) is 0. The molecule has 0 bridgehead atoms. The van der Waals surface area contributed by atoms with Gasteiger partial charge in [-0.05, 0) is 38.3 Å². The largest absolute Gasteiger partial charge is 0.360 e. The van der Waals surface area contributed by atoms with E-state index in [9.17, 15) is 10.1 Å². The molecule has 1 unspecified atom stereocenters. The molecule has 0 amide bonds. The highest BCUT2D eigenvalue weighted by molar-refractivity contribution is 6.33. The first-order valence-electron chi connectivity index (χ1n) is 7.10. The summed E-state index contributed by atoms with van der Waals surface area (Å²) < 4.78 is 0. The van der Waals surface area contributed by atoms with Crippen LogP contribution in [0.25, 0.3) is 0 Å². The van der Waals surface area contributed by atoms with E-state index in [-0.39, 0.29) is 10.6 Å². The molecule has 1 saturated heterocycles. The van der Waals surface area contributed by atoms with Crippen LogP contribution in [0.1, 0.15) is 25.7 Å². The van der Waals surface area contributed by atoms with Crippen molar-refractivity contribution in [2.24, 2.45) is 0 Å². The second-order valence-electron chi connectivity index (χ2n) is 5.54. The monoisotopic (exact) mass is 295 g/mol. The third-order valence-electron chi connectivity index (χ3n) is 4.02. The molecule has 1 aliphatic carbocycles. The lowest BCUT2D eigenvalue weighted by Gasteiger charge is -2.28. The van der Waals surface area contributed by atoms with Gasteiger partial charge in [-0.15, -0.1) is 0 Å². The maximum atomic E-state index is 11.3. The fourth-order valence-electron chi connectivity index (χ4n) is 2.89. The molecule has 0 spiro atoms. The predicted molar refractivity (Wildman–Crippen MR) is 79.5 cm³/mol. The Kier molecular flexibility index (Phi) is 3.81. The Morgan fingerprint density at radius 2 is 2.20 bits per heavy atom. The van der Waals surface area contributed by atoms with Gasteiger partial charge in [0.1, 0.15) is 5.69 Å². The van der Waals surface area contributed by atoms with E-state index in [1.54, 1.807) is 18.2 Å². The Morgan fingerprint density at radius 1 is 1.40 bits per heavy atom. The Labute approximate surface area is 123 Å². The van der Waals surface area contributed by atoms with Crippen molar-refractivity contribution in [2.45, 2.75) is 37.8 Å². The molecule has 0 aromatic heterocycles. The molecule has 2 fully saturated rings. The topological polar surface area (TPSA) is 58.4 Å². The fraction of sp³-hybridized carbons (Fsp3) is 0.571. The number of benzene rings is 1. The Bertz CT molecular complexity index is 513. The molecular weight excluding hydrogens is 278 g/mol. The van der Waals surface area contributed by atoms with Gasteiger partial charge in [0.15, 0.2) is 0 Å². The number of nitrogens with zero attached hydrogens (tertiary/aromatic N) is 2. The summed E-state index contributed by atoms with van der Waals surface area (Å²) in [4.78, 5) is 13.1. The minimum atomic E-state index is -0.335. The number of anilines is 1. The van der Waals surface area contributed by atoms with E-state index in [1.807, 2.05) is 0 Å². The first-order valence-corrected chi connectivity index (χ1v) is 7.47. The van der Waals surface area contributed by atoms with Crippen LogP contribution in [-0.2, 0) is 0 Å². The van der Waals surface area contributed by atoms with Crippen LogP contribution in [-0.4, -0.2) is 30.1 Å². The number of nitro benzene ring substituents is 1. The van der Waals surface area contributed by atoms with Crippen molar-refractivity contribution < 1.29 is 4.92 Å². The fourth-order valence-corrected chi connectivity index (χ4v) is 3.17. The van der Waals surface area contributed by atoms with E-state index in [4.69, 9.17) is 11.6 Å². The van der Waals surface area contributed by atoms with Crippen LogP contribution in [0.15, 0.2) is 18.2 Å². The van der Waals surface area contributed by atoms with Gasteiger partial charge in [-0.3, -0.25) is 10.1 Å². The molecule has 5 nitrogen and oxygen atoms in total. The van der Waals surface area contributed by atoms with E-state index in [2.05, 4.69) is 10.2 Å². The lowest BCUT2D eigenvalue weighted by molar-refractivity contribution is -0.384. The van der Waals surface area contributed by atoms with Crippen LogP contribution in [0, 0.1) is 10.1 Å². The lowest BCUT2D eigenvalue weighted by Crippen LogP contribution is -2.39. The molecule has 3 rings (SSSR count). The lowest BCUT2D eigenvalue weighted by atomic mass is 10.1. The number of hydrogen-bond acceptors (Lipinski definition) is 4. The third-order valence-corrected chi connectivity index (χ3v) is 4.32. The van der Waals surface area contributed by atoms with E-state index in [1.165, 1.54) is 6.42 Å². The van der Waals surface area contributed by atoms with Crippen molar-refractivity contribution in [2.75, 3.05) is 18.0 Å². The zero-order chi connectivity index (χ0) is 14.1. The average Bonchev–Trinajstić information content (AvgIpc) is 3.13. The van der Waals surface area contributed by atoms with Gasteiger partial charge in [0.05, 0.1) is 9.95 Å². The average molecular weight is 296 g/mol. The molecule has 1 N–H and O–H groups in total. The maximum Gasteiger partial charge on any atom is 0.294 e. The maximum absolute atomic E-state index is 11.3. The van der Waals surface area contributed by atoms with Gasteiger partial charge >= 0.3 is 0 Å². The van der Waals surface area contributed by atoms with Gasteiger partial charge in [-0.25, -0.2) is 0 Å². The van der Waals surface area contributed by atoms with Gasteiger partial charge in [0.25, 0.3) is 5.69 Å². The molecule has 1 aliphatic heterocycles. The van der Waals surface area contributed by atoms with Gasteiger partial charge < -0.3 is 10.2 Å². The number of nitrogens with one attached hydrogen (secondary N) is 1. The van der Waals surface area contributed by atoms with Crippen molar-refractivity contribution in [3.8, 4) is 0 Å². The first-order chi connectivity index (χ1) is 9.66. The van der Waals surface area contributed by atoms with Crippen molar-refractivity contribution in [3.05, 3.63) is 33.3 Å². The first kappa shape index (κ1) is 13.6. The zero-order valence-electron chi connectivity index (χ0n) is 11.2. The molecule has 1 heterocycles. The molecule has 2 aliphatic rings. The highest BCUT2D eigenvalue weighted by Gasteiger charge is 2.36. The normalized spacial score (nSPS) is 21.9. The predicted octanol–water partition coefficient (Wildman–Crippen LogP) is 2.97. The summed E-state index contributed by atoms with van der Waals surface area (Å²) in [6, 6.07) is 5.73. The van der Waals surface area contributed by atoms with Crippen LogP contribution in [0.3, 0.4) is 0 Å². The van der Waals surface area contributed by atoms with Crippen LogP contribution in [0.4, 0.5) is 11.4 Å². The summed E-state index contributed by atoms with van der Waals surface area (Å²) in [6.45, 7) is 1.84. The SMILES string of the molecule is O=[N+]([O-])c1cccc(Cl)c1N(CC1CCCN1)C1CC1. The number of rotatable bonds is 5. The number of halogens is 1. The second kappa shape index (κ2) is 5.58. The molecule has 1 aromatic rings. The summed E-state index contributed by atoms with van der Waals surface area (Å²) in [5, 5.41) is 15.2. The number of nitro groups is 1. The van der Waals surface area contributed by atoms with Crippen LogP contribution >= 0.6 is 11.6 Å².